The van der Waals surface area contributed by atoms with Gasteiger partial charge in [0, 0.05) is 19.0 Å². The van der Waals surface area contributed by atoms with Gasteiger partial charge >= 0.3 is 0 Å². The molecule has 1 fully saturated rings. The van der Waals surface area contributed by atoms with Crippen LogP contribution in [0, 0.1) is 5.92 Å². The highest BCUT2D eigenvalue weighted by Gasteiger charge is 2.24. The summed E-state index contributed by atoms with van der Waals surface area (Å²) in [4.78, 5) is 22.8. The molecule has 1 saturated heterocycles. The molecule has 98 valence electrons. The highest BCUT2D eigenvalue weighted by atomic mass is 16.3. The maximum absolute atomic E-state index is 11.5. The Morgan fingerprint density at radius 3 is 3.06 bits per heavy atom. The smallest absolute Gasteiger partial charge is 0.248 e. The molecule has 17 heavy (non-hydrogen) atoms. The Hall–Kier alpha value is -1.10. The summed E-state index contributed by atoms with van der Waals surface area (Å²) < 4.78 is 0. The van der Waals surface area contributed by atoms with Gasteiger partial charge in [0.05, 0.1) is 0 Å². The van der Waals surface area contributed by atoms with Gasteiger partial charge in [0.2, 0.25) is 11.8 Å². The summed E-state index contributed by atoms with van der Waals surface area (Å²) in [5.74, 6) is -0.321. The van der Waals surface area contributed by atoms with E-state index in [0.717, 1.165) is 25.8 Å². The highest BCUT2D eigenvalue weighted by Crippen LogP contribution is 2.18. The zero-order valence-electron chi connectivity index (χ0n) is 10.4. The zero-order chi connectivity index (χ0) is 12.7. The minimum Gasteiger partial charge on any atom is -0.383 e. The molecule has 0 radical (unpaired) electrons. The van der Waals surface area contributed by atoms with Crippen LogP contribution in [-0.2, 0) is 9.59 Å². The molecule has 5 heteroatoms. The van der Waals surface area contributed by atoms with Crippen LogP contribution in [0.5, 0.6) is 0 Å². The lowest BCUT2D eigenvalue weighted by molar-refractivity contribution is -0.131. The SMILES string of the molecule is CCCNC(=O)C(O)CCC1CCCNC1=O. The third-order valence-electron chi connectivity index (χ3n) is 3.04. The second-order valence-corrected chi connectivity index (χ2v) is 4.51. The predicted octanol–water partition coefficient (Wildman–Crippen LogP) is 0.180. The van der Waals surface area contributed by atoms with Gasteiger partial charge in [-0.15, -0.1) is 0 Å². The number of hydrogen-bond acceptors (Lipinski definition) is 3. The Bertz CT molecular complexity index is 268. The van der Waals surface area contributed by atoms with Crippen molar-refractivity contribution in [2.75, 3.05) is 13.1 Å². The first-order valence-electron chi connectivity index (χ1n) is 6.38. The third kappa shape index (κ3) is 4.73. The summed E-state index contributed by atoms with van der Waals surface area (Å²) >= 11 is 0. The highest BCUT2D eigenvalue weighted by molar-refractivity contribution is 5.81. The molecule has 5 nitrogen and oxygen atoms in total. The average molecular weight is 242 g/mol. The van der Waals surface area contributed by atoms with Crippen LogP contribution in [0.2, 0.25) is 0 Å². The molecule has 0 aromatic rings. The van der Waals surface area contributed by atoms with E-state index in [0.29, 0.717) is 19.4 Å². The summed E-state index contributed by atoms with van der Waals surface area (Å²) in [6.07, 6.45) is 2.63. The van der Waals surface area contributed by atoms with Crippen molar-refractivity contribution >= 4 is 11.8 Å². The maximum Gasteiger partial charge on any atom is 0.248 e. The van der Waals surface area contributed by atoms with Gasteiger partial charge in [0.25, 0.3) is 0 Å². The first-order chi connectivity index (χ1) is 8.15. The van der Waals surface area contributed by atoms with Crippen molar-refractivity contribution < 1.29 is 14.7 Å². The number of carbonyl (C=O) groups excluding carboxylic acids is 2. The summed E-state index contributed by atoms with van der Waals surface area (Å²) in [6, 6.07) is 0. The fraction of sp³-hybridized carbons (Fsp3) is 0.833. The van der Waals surface area contributed by atoms with Crippen molar-refractivity contribution in [1.29, 1.82) is 0 Å². The van der Waals surface area contributed by atoms with Crippen molar-refractivity contribution in [2.24, 2.45) is 5.92 Å². The lowest BCUT2D eigenvalue weighted by Crippen LogP contribution is -2.38. The number of rotatable bonds is 6. The Kier molecular flexibility index (Phi) is 5.97. The van der Waals surface area contributed by atoms with Gasteiger partial charge < -0.3 is 15.7 Å². The second-order valence-electron chi connectivity index (χ2n) is 4.51. The number of carbonyl (C=O) groups is 2. The normalized spacial score (nSPS) is 21.8. The number of amides is 2. The third-order valence-corrected chi connectivity index (χ3v) is 3.04. The van der Waals surface area contributed by atoms with Gasteiger partial charge in [-0.1, -0.05) is 6.92 Å². The number of piperidine rings is 1. The van der Waals surface area contributed by atoms with Crippen molar-refractivity contribution in [3.63, 3.8) is 0 Å². The minimum absolute atomic E-state index is 0.0441. The van der Waals surface area contributed by atoms with E-state index >= 15 is 0 Å². The van der Waals surface area contributed by atoms with Gasteiger partial charge in [-0.3, -0.25) is 9.59 Å². The quantitative estimate of drug-likeness (QED) is 0.621. The second kappa shape index (κ2) is 7.27. The molecule has 1 rings (SSSR count). The molecule has 2 unspecified atom stereocenters. The van der Waals surface area contributed by atoms with E-state index in [1.165, 1.54) is 0 Å². The van der Waals surface area contributed by atoms with Crippen LogP contribution in [0.25, 0.3) is 0 Å². The number of hydrogen-bond donors (Lipinski definition) is 3. The van der Waals surface area contributed by atoms with E-state index in [1.807, 2.05) is 6.92 Å². The monoisotopic (exact) mass is 242 g/mol. The molecule has 2 atom stereocenters. The van der Waals surface area contributed by atoms with Gasteiger partial charge in [-0.05, 0) is 32.1 Å². The average Bonchev–Trinajstić information content (AvgIpc) is 2.34. The molecule has 0 saturated carbocycles. The van der Waals surface area contributed by atoms with E-state index in [1.54, 1.807) is 0 Å². The van der Waals surface area contributed by atoms with Crippen molar-refractivity contribution in [3.05, 3.63) is 0 Å². The zero-order valence-corrected chi connectivity index (χ0v) is 10.4. The summed E-state index contributed by atoms with van der Waals surface area (Å²) in [7, 11) is 0. The van der Waals surface area contributed by atoms with E-state index in [9.17, 15) is 14.7 Å². The topological polar surface area (TPSA) is 78.4 Å². The van der Waals surface area contributed by atoms with Crippen LogP contribution in [0.15, 0.2) is 0 Å². The minimum atomic E-state index is -0.990. The fourth-order valence-corrected chi connectivity index (χ4v) is 1.97. The molecular formula is C12H22N2O3. The Morgan fingerprint density at radius 1 is 1.65 bits per heavy atom. The lowest BCUT2D eigenvalue weighted by atomic mass is 9.92. The summed E-state index contributed by atoms with van der Waals surface area (Å²) in [5, 5.41) is 15.1. The molecule has 1 heterocycles. The van der Waals surface area contributed by atoms with Gasteiger partial charge in [-0.2, -0.15) is 0 Å². The van der Waals surface area contributed by atoms with E-state index in [2.05, 4.69) is 10.6 Å². The Morgan fingerprint density at radius 2 is 2.41 bits per heavy atom. The van der Waals surface area contributed by atoms with Crippen molar-refractivity contribution in [1.82, 2.24) is 10.6 Å². The molecular weight excluding hydrogens is 220 g/mol. The summed E-state index contributed by atoms with van der Waals surface area (Å²) in [6.45, 7) is 3.29. The molecule has 3 N–H and O–H groups in total. The maximum atomic E-state index is 11.5. The van der Waals surface area contributed by atoms with Crippen molar-refractivity contribution in [3.8, 4) is 0 Å². The molecule has 1 aliphatic heterocycles. The van der Waals surface area contributed by atoms with Crippen LogP contribution < -0.4 is 10.6 Å². The summed E-state index contributed by atoms with van der Waals surface area (Å²) in [5.41, 5.74) is 0. The molecule has 0 aliphatic carbocycles. The van der Waals surface area contributed by atoms with E-state index in [4.69, 9.17) is 0 Å². The van der Waals surface area contributed by atoms with E-state index < -0.39 is 6.10 Å². The van der Waals surface area contributed by atoms with Crippen LogP contribution in [-0.4, -0.2) is 36.1 Å². The van der Waals surface area contributed by atoms with Crippen LogP contribution in [0.1, 0.15) is 39.0 Å². The lowest BCUT2D eigenvalue weighted by Gasteiger charge is -2.22. The van der Waals surface area contributed by atoms with Crippen LogP contribution in [0.3, 0.4) is 0 Å². The molecule has 0 spiro atoms. The van der Waals surface area contributed by atoms with Crippen LogP contribution >= 0.6 is 0 Å². The molecule has 0 aromatic carbocycles. The molecule has 1 aliphatic rings. The molecule has 0 aromatic heterocycles. The number of aliphatic hydroxyl groups is 1. The van der Waals surface area contributed by atoms with Gasteiger partial charge in [0.15, 0.2) is 0 Å². The number of aliphatic hydroxyl groups excluding tert-OH is 1. The first-order valence-corrected chi connectivity index (χ1v) is 6.38. The van der Waals surface area contributed by atoms with Crippen molar-refractivity contribution in [2.45, 2.75) is 45.1 Å². The predicted molar refractivity (Wildman–Crippen MR) is 64.3 cm³/mol. The Balaban J connectivity index is 2.24. The van der Waals surface area contributed by atoms with Gasteiger partial charge in [0.1, 0.15) is 6.10 Å². The fourth-order valence-electron chi connectivity index (χ4n) is 1.97. The van der Waals surface area contributed by atoms with E-state index in [-0.39, 0.29) is 17.7 Å². The Labute approximate surface area is 102 Å². The first kappa shape index (κ1) is 14.0. The largest absolute Gasteiger partial charge is 0.383 e. The molecule has 0 bridgehead atoms. The van der Waals surface area contributed by atoms with Crippen LogP contribution in [0.4, 0.5) is 0 Å². The van der Waals surface area contributed by atoms with Gasteiger partial charge in [-0.25, -0.2) is 0 Å². The molecule has 2 amide bonds. The number of nitrogens with one attached hydrogen (secondary N) is 2. The standard InChI is InChI=1S/C12H22N2O3/c1-2-7-13-12(17)10(15)6-5-9-4-3-8-14-11(9)16/h9-10,15H,2-8H2,1H3,(H,13,17)(H,14,16).